The molecular weight excluding hydrogens is 328 g/mol. The molecule has 0 aromatic carbocycles. The van der Waals surface area contributed by atoms with Gasteiger partial charge in [-0.15, -0.1) is 0 Å². The maximum Gasteiger partial charge on any atom is 0.287 e. The third kappa shape index (κ3) is 5.78. The monoisotopic (exact) mass is 362 g/mol. The molecule has 6 nitrogen and oxygen atoms in total. The molecule has 1 aromatic rings. The van der Waals surface area contributed by atoms with E-state index in [0.29, 0.717) is 17.7 Å². The smallest absolute Gasteiger partial charge is 0.287 e. The van der Waals surface area contributed by atoms with E-state index in [1.54, 1.807) is 12.3 Å². The minimum Gasteiger partial charge on any atom is -0.459 e. The van der Waals surface area contributed by atoms with E-state index in [1.165, 1.54) is 32.1 Å². The lowest BCUT2D eigenvalue weighted by molar-refractivity contribution is 0.0925. The zero-order valence-corrected chi connectivity index (χ0v) is 16.5. The molecule has 1 heterocycles. The fourth-order valence-electron chi connectivity index (χ4n) is 3.52. The number of carbonyl (C=O) groups excluding carboxylic acids is 1. The maximum absolute atomic E-state index is 12.0. The number of furan rings is 1. The molecular formula is C20H34N4O2. The molecule has 146 valence electrons. The molecule has 0 radical (unpaired) electrons. The van der Waals surface area contributed by atoms with E-state index >= 15 is 0 Å². The van der Waals surface area contributed by atoms with Crippen molar-refractivity contribution >= 4 is 11.9 Å². The van der Waals surface area contributed by atoms with E-state index in [0.717, 1.165) is 37.6 Å². The topological polar surface area (TPSA) is 78.7 Å². The number of nitrogens with zero attached hydrogens (tertiary/aromatic N) is 1. The van der Waals surface area contributed by atoms with Crippen LogP contribution in [0, 0.1) is 12.3 Å². The van der Waals surface area contributed by atoms with Gasteiger partial charge >= 0.3 is 0 Å². The Hall–Kier alpha value is -1.98. The molecule has 0 aliphatic heterocycles. The summed E-state index contributed by atoms with van der Waals surface area (Å²) in [6.07, 6.45) is 8.83. The molecule has 0 unspecified atom stereocenters. The minimum absolute atomic E-state index is 0.154. The molecule has 1 saturated carbocycles. The number of nitrogens with one attached hydrogen (secondary N) is 3. The van der Waals surface area contributed by atoms with Crippen LogP contribution in [0.15, 0.2) is 21.7 Å². The number of guanidine groups is 1. The lowest BCUT2D eigenvalue weighted by atomic mass is 9.84. The highest BCUT2D eigenvalue weighted by Crippen LogP contribution is 2.41. The van der Waals surface area contributed by atoms with Crippen molar-refractivity contribution in [3.63, 3.8) is 0 Å². The summed E-state index contributed by atoms with van der Waals surface area (Å²) < 4.78 is 5.20. The van der Waals surface area contributed by atoms with Gasteiger partial charge in [-0.25, -0.2) is 0 Å². The summed E-state index contributed by atoms with van der Waals surface area (Å²) >= 11 is 0. The largest absolute Gasteiger partial charge is 0.459 e. The van der Waals surface area contributed by atoms with Crippen molar-refractivity contribution in [2.45, 2.75) is 59.3 Å². The molecule has 3 N–H and O–H groups in total. The van der Waals surface area contributed by atoms with E-state index in [4.69, 9.17) is 9.41 Å². The highest BCUT2D eigenvalue weighted by Gasteiger charge is 2.31. The number of hydrogen-bond donors (Lipinski definition) is 3. The first-order valence-corrected chi connectivity index (χ1v) is 9.94. The fourth-order valence-corrected chi connectivity index (χ4v) is 3.52. The predicted molar refractivity (Wildman–Crippen MR) is 106 cm³/mol. The third-order valence-electron chi connectivity index (χ3n) is 5.33. The zero-order valence-electron chi connectivity index (χ0n) is 16.5. The molecule has 6 heteroatoms. The predicted octanol–water partition coefficient (Wildman–Crippen LogP) is 3.23. The maximum atomic E-state index is 12.0. The van der Waals surface area contributed by atoms with Crippen molar-refractivity contribution in [2.75, 3.05) is 26.2 Å². The average molecular weight is 363 g/mol. The highest BCUT2D eigenvalue weighted by molar-refractivity contribution is 5.92. The van der Waals surface area contributed by atoms with Crippen LogP contribution in [0.4, 0.5) is 0 Å². The Morgan fingerprint density at radius 1 is 1.19 bits per heavy atom. The van der Waals surface area contributed by atoms with Crippen LogP contribution in [0.3, 0.4) is 0 Å². The van der Waals surface area contributed by atoms with Crippen LogP contribution in [-0.4, -0.2) is 38.0 Å². The van der Waals surface area contributed by atoms with Gasteiger partial charge in [0.25, 0.3) is 5.91 Å². The summed E-state index contributed by atoms with van der Waals surface area (Å²) in [6.45, 7) is 9.34. The van der Waals surface area contributed by atoms with Gasteiger partial charge in [0.1, 0.15) is 0 Å². The molecule has 1 aromatic heterocycles. The van der Waals surface area contributed by atoms with Crippen molar-refractivity contribution in [1.29, 1.82) is 0 Å². The van der Waals surface area contributed by atoms with Crippen LogP contribution >= 0.6 is 0 Å². The van der Waals surface area contributed by atoms with Gasteiger partial charge in [-0.05, 0) is 51.0 Å². The quantitative estimate of drug-likeness (QED) is 0.358. The third-order valence-corrected chi connectivity index (χ3v) is 5.33. The molecule has 2 rings (SSSR count). The van der Waals surface area contributed by atoms with E-state index in [2.05, 4.69) is 29.8 Å². The highest BCUT2D eigenvalue weighted by atomic mass is 16.3. The fraction of sp³-hybridized carbons (Fsp3) is 0.700. The summed E-state index contributed by atoms with van der Waals surface area (Å²) in [4.78, 5) is 16.8. The Morgan fingerprint density at radius 2 is 1.92 bits per heavy atom. The van der Waals surface area contributed by atoms with Crippen LogP contribution in [0.5, 0.6) is 0 Å². The molecule has 0 spiro atoms. The van der Waals surface area contributed by atoms with Gasteiger partial charge in [-0.1, -0.05) is 19.8 Å². The van der Waals surface area contributed by atoms with Gasteiger partial charge in [0.2, 0.25) is 0 Å². The first kappa shape index (κ1) is 20.3. The Bertz CT molecular complexity index is 588. The van der Waals surface area contributed by atoms with Crippen molar-refractivity contribution in [3.05, 3.63) is 23.7 Å². The molecule has 1 aliphatic rings. The Kier molecular flexibility index (Phi) is 8.01. The van der Waals surface area contributed by atoms with Crippen LogP contribution < -0.4 is 16.0 Å². The molecule has 1 fully saturated rings. The number of carbonyl (C=O) groups is 1. The first-order valence-electron chi connectivity index (χ1n) is 9.94. The first-order chi connectivity index (χ1) is 12.6. The minimum atomic E-state index is -0.154. The van der Waals surface area contributed by atoms with Crippen molar-refractivity contribution in [2.24, 2.45) is 10.4 Å². The lowest BCUT2D eigenvalue weighted by Gasteiger charge is -2.25. The van der Waals surface area contributed by atoms with Gasteiger partial charge in [-0.2, -0.15) is 0 Å². The second kappa shape index (κ2) is 10.2. The Balaban J connectivity index is 1.71. The molecule has 1 aliphatic carbocycles. The van der Waals surface area contributed by atoms with Crippen LogP contribution in [-0.2, 0) is 0 Å². The van der Waals surface area contributed by atoms with Crippen molar-refractivity contribution < 1.29 is 9.21 Å². The summed E-state index contributed by atoms with van der Waals surface area (Å²) in [6, 6.07) is 1.79. The van der Waals surface area contributed by atoms with Crippen LogP contribution in [0.1, 0.15) is 68.5 Å². The van der Waals surface area contributed by atoms with Crippen LogP contribution in [0.25, 0.3) is 0 Å². The molecule has 0 atom stereocenters. The van der Waals surface area contributed by atoms with E-state index in [1.807, 2.05) is 6.92 Å². The van der Waals surface area contributed by atoms with E-state index in [-0.39, 0.29) is 5.91 Å². The SMILES string of the molecule is CCNC(=NCC1(CC)CCCC1)NCCCNC(=O)c1occc1C. The average Bonchev–Trinajstić information content (AvgIpc) is 3.28. The number of rotatable bonds is 9. The molecule has 0 saturated heterocycles. The number of aliphatic imine (C=N–C) groups is 1. The summed E-state index contributed by atoms with van der Waals surface area (Å²) in [5.41, 5.74) is 1.26. The van der Waals surface area contributed by atoms with Gasteiger partial charge in [0, 0.05) is 31.7 Å². The van der Waals surface area contributed by atoms with Gasteiger partial charge in [0.15, 0.2) is 11.7 Å². The summed E-state index contributed by atoms with van der Waals surface area (Å²) in [7, 11) is 0. The summed E-state index contributed by atoms with van der Waals surface area (Å²) in [5.74, 6) is 1.12. The van der Waals surface area contributed by atoms with Gasteiger partial charge < -0.3 is 20.4 Å². The number of amides is 1. The van der Waals surface area contributed by atoms with E-state index < -0.39 is 0 Å². The standard InChI is InChI=1S/C20H34N4O2/c1-4-20(10-6-7-11-20)15-24-19(21-5-2)23-13-8-12-22-18(25)17-16(3)9-14-26-17/h9,14H,4-8,10-13,15H2,1-3H3,(H,22,25)(H2,21,23,24). The van der Waals surface area contributed by atoms with Crippen LogP contribution in [0.2, 0.25) is 0 Å². The molecule has 0 bridgehead atoms. The lowest BCUT2D eigenvalue weighted by Crippen LogP contribution is -2.39. The Morgan fingerprint density at radius 3 is 2.54 bits per heavy atom. The number of hydrogen-bond acceptors (Lipinski definition) is 3. The normalized spacial score (nSPS) is 16.5. The molecule has 1 amide bonds. The second-order valence-corrected chi connectivity index (χ2v) is 7.22. The van der Waals surface area contributed by atoms with Crippen molar-refractivity contribution in [1.82, 2.24) is 16.0 Å². The zero-order chi connectivity index (χ0) is 18.8. The second-order valence-electron chi connectivity index (χ2n) is 7.22. The number of aryl methyl sites for hydroxylation is 1. The molecule has 26 heavy (non-hydrogen) atoms. The Labute approximate surface area is 157 Å². The van der Waals surface area contributed by atoms with E-state index in [9.17, 15) is 4.79 Å². The van der Waals surface area contributed by atoms with Crippen molar-refractivity contribution in [3.8, 4) is 0 Å². The van der Waals surface area contributed by atoms with Gasteiger partial charge in [-0.3, -0.25) is 9.79 Å². The summed E-state index contributed by atoms with van der Waals surface area (Å²) in [5, 5.41) is 9.57. The van der Waals surface area contributed by atoms with Gasteiger partial charge in [0.05, 0.1) is 6.26 Å².